The van der Waals surface area contributed by atoms with Crippen molar-refractivity contribution in [3.8, 4) is 0 Å². The normalized spacial score (nSPS) is 18.5. The summed E-state index contributed by atoms with van der Waals surface area (Å²) in [6, 6.07) is 10.5. The van der Waals surface area contributed by atoms with Crippen molar-refractivity contribution in [1.29, 1.82) is 0 Å². The molecule has 0 aromatic heterocycles. The van der Waals surface area contributed by atoms with Crippen LogP contribution in [0.3, 0.4) is 0 Å². The van der Waals surface area contributed by atoms with Crippen molar-refractivity contribution < 1.29 is 9.84 Å². The summed E-state index contributed by atoms with van der Waals surface area (Å²) in [4.78, 5) is 4.71. The second kappa shape index (κ2) is 7.62. The van der Waals surface area contributed by atoms with Crippen LogP contribution in [0.5, 0.6) is 0 Å². The van der Waals surface area contributed by atoms with Gasteiger partial charge in [-0.2, -0.15) is 0 Å². The second-order valence-corrected chi connectivity index (χ2v) is 5.66. The van der Waals surface area contributed by atoms with Gasteiger partial charge in [0, 0.05) is 38.4 Å². The summed E-state index contributed by atoms with van der Waals surface area (Å²) in [5.74, 6) is 0. The first-order valence-corrected chi connectivity index (χ1v) is 7.47. The van der Waals surface area contributed by atoms with E-state index in [-0.39, 0.29) is 12.2 Å². The lowest BCUT2D eigenvalue weighted by Gasteiger charge is -2.36. The third-order valence-electron chi connectivity index (χ3n) is 3.58. The van der Waals surface area contributed by atoms with Gasteiger partial charge >= 0.3 is 0 Å². The summed E-state index contributed by atoms with van der Waals surface area (Å²) < 4.78 is 5.45. The van der Waals surface area contributed by atoms with Crippen molar-refractivity contribution in [1.82, 2.24) is 4.90 Å². The number of anilines is 1. The molecule has 1 fully saturated rings. The molecule has 0 aliphatic carbocycles. The molecule has 2 rings (SSSR count). The van der Waals surface area contributed by atoms with Gasteiger partial charge in [-0.1, -0.05) is 18.2 Å². The van der Waals surface area contributed by atoms with Crippen molar-refractivity contribution in [2.75, 3.05) is 44.2 Å². The van der Waals surface area contributed by atoms with Crippen molar-refractivity contribution >= 4 is 5.69 Å². The Kier molecular flexibility index (Phi) is 5.83. The number of rotatable bonds is 6. The average molecular weight is 278 g/mol. The molecule has 0 amide bonds. The van der Waals surface area contributed by atoms with Gasteiger partial charge in [0.25, 0.3) is 0 Å². The fourth-order valence-electron chi connectivity index (χ4n) is 2.48. The highest BCUT2D eigenvalue weighted by molar-refractivity contribution is 5.46. The van der Waals surface area contributed by atoms with Gasteiger partial charge < -0.3 is 14.7 Å². The lowest BCUT2D eigenvalue weighted by molar-refractivity contribution is -0.00899. The molecule has 0 spiro atoms. The Bertz CT molecular complexity index is 375. The van der Waals surface area contributed by atoms with E-state index in [1.807, 2.05) is 19.9 Å². The molecule has 112 valence electrons. The molecule has 0 bridgehead atoms. The molecule has 1 atom stereocenters. The maximum Gasteiger partial charge on any atom is 0.0900 e. The van der Waals surface area contributed by atoms with Crippen LogP contribution in [0.25, 0.3) is 0 Å². The molecule has 4 heteroatoms. The van der Waals surface area contributed by atoms with E-state index in [0.717, 1.165) is 26.2 Å². The smallest absolute Gasteiger partial charge is 0.0900 e. The van der Waals surface area contributed by atoms with E-state index in [1.54, 1.807) is 0 Å². The number of aliphatic hydroxyl groups is 1. The second-order valence-electron chi connectivity index (χ2n) is 5.66. The molecule has 1 aromatic rings. The van der Waals surface area contributed by atoms with E-state index < -0.39 is 0 Å². The molecule has 0 radical (unpaired) electrons. The van der Waals surface area contributed by atoms with Gasteiger partial charge in [-0.3, -0.25) is 4.90 Å². The fraction of sp³-hybridized carbons (Fsp3) is 0.625. The molecule has 0 saturated carbocycles. The molecule has 1 saturated heterocycles. The Hall–Kier alpha value is -1.10. The zero-order chi connectivity index (χ0) is 14.4. The van der Waals surface area contributed by atoms with Crippen LogP contribution >= 0.6 is 0 Å². The lowest BCUT2D eigenvalue weighted by atomic mass is 10.2. The Morgan fingerprint density at radius 1 is 1.10 bits per heavy atom. The molecule has 0 unspecified atom stereocenters. The zero-order valence-electron chi connectivity index (χ0n) is 12.5. The van der Waals surface area contributed by atoms with Gasteiger partial charge in [0.2, 0.25) is 0 Å². The van der Waals surface area contributed by atoms with Crippen molar-refractivity contribution in [3.05, 3.63) is 30.3 Å². The van der Waals surface area contributed by atoms with Crippen LogP contribution in [-0.2, 0) is 4.74 Å². The molecule has 1 N–H and O–H groups in total. The number of piperazine rings is 1. The van der Waals surface area contributed by atoms with Gasteiger partial charge in [-0.15, -0.1) is 0 Å². The highest BCUT2D eigenvalue weighted by Crippen LogP contribution is 2.15. The Morgan fingerprint density at radius 2 is 1.75 bits per heavy atom. The maximum absolute atomic E-state index is 9.95. The van der Waals surface area contributed by atoms with Crippen LogP contribution in [0.1, 0.15) is 13.8 Å². The highest BCUT2D eigenvalue weighted by atomic mass is 16.5. The molecular formula is C16H26N2O2. The van der Waals surface area contributed by atoms with Gasteiger partial charge in [-0.25, -0.2) is 0 Å². The lowest BCUT2D eigenvalue weighted by Crippen LogP contribution is -2.49. The molecule has 1 aliphatic rings. The van der Waals surface area contributed by atoms with E-state index in [9.17, 15) is 5.11 Å². The number of aliphatic hydroxyl groups excluding tert-OH is 1. The third-order valence-corrected chi connectivity index (χ3v) is 3.58. The van der Waals surface area contributed by atoms with Crippen molar-refractivity contribution in [3.63, 3.8) is 0 Å². The highest BCUT2D eigenvalue weighted by Gasteiger charge is 2.19. The predicted molar refractivity (Wildman–Crippen MR) is 82.2 cm³/mol. The topological polar surface area (TPSA) is 35.9 Å². The molecule has 1 heterocycles. The Labute approximate surface area is 122 Å². The van der Waals surface area contributed by atoms with Crippen molar-refractivity contribution in [2.45, 2.75) is 26.1 Å². The summed E-state index contributed by atoms with van der Waals surface area (Å²) in [6.45, 7) is 9.13. The zero-order valence-corrected chi connectivity index (χ0v) is 12.5. The summed E-state index contributed by atoms with van der Waals surface area (Å²) in [5.41, 5.74) is 1.29. The van der Waals surface area contributed by atoms with Crippen LogP contribution in [0, 0.1) is 0 Å². The number of nitrogens with zero attached hydrogens (tertiary/aromatic N) is 2. The number of hydrogen-bond acceptors (Lipinski definition) is 4. The monoisotopic (exact) mass is 278 g/mol. The predicted octanol–water partition coefficient (Wildman–Crippen LogP) is 1.59. The van der Waals surface area contributed by atoms with Crippen LogP contribution in [0.2, 0.25) is 0 Å². The minimum Gasteiger partial charge on any atom is -0.389 e. The van der Waals surface area contributed by atoms with Crippen LogP contribution in [0.15, 0.2) is 30.3 Å². The number of ether oxygens (including phenoxy) is 1. The minimum atomic E-state index is -0.388. The SMILES string of the molecule is CC(C)OC[C@@H](O)CN1CCN(c2ccccc2)CC1. The van der Waals surface area contributed by atoms with Crippen molar-refractivity contribution in [2.24, 2.45) is 0 Å². The summed E-state index contributed by atoms with van der Waals surface area (Å²) in [6.07, 6.45) is -0.208. The summed E-state index contributed by atoms with van der Waals surface area (Å²) in [5, 5.41) is 9.95. The fourth-order valence-corrected chi connectivity index (χ4v) is 2.48. The molecule has 4 nitrogen and oxygen atoms in total. The van der Waals surface area contributed by atoms with E-state index in [0.29, 0.717) is 13.2 Å². The first-order valence-electron chi connectivity index (χ1n) is 7.47. The van der Waals surface area contributed by atoms with Crippen LogP contribution in [-0.4, -0.2) is 61.5 Å². The average Bonchev–Trinajstić information content (AvgIpc) is 2.47. The summed E-state index contributed by atoms with van der Waals surface area (Å²) in [7, 11) is 0. The largest absolute Gasteiger partial charge is 0.389 e. The quantitative estimate of drug-likeness (QED) is 0.857. The maximum atomic E-state index is 9.95. The van der Waals surface area contributed by atoms with E-state index in [1.165, 1.54) is 5.69 Å². The van der Waals surface area contributed by atoms with Gasteiger partial charge in [0.1, 0.15) is 0 Å². The van der Waals surface area contributed by atoms with E-state index in [4.69, 9.17) is 4.74 Å². The van der Waals surface area contributed by atoms with Crippen LogP contribution in [0.4, 0.5) is 5.69 Å². The molecule has 1 aliphatic heterocycles. The molecule has 1 aromatic carbocycles. The van der Waals surface area contributed by atoms with E-state index in [2.05, 4.69) is 34.1 Å². The first kappa shape index (κ1) is 15.3. The van der Waals surface area contributed by atoms with Gasteiger partial charge in [-0.05, 0) is 26.0 Å². The Balaban J connectivity index is 1.71. The minimum absolute atomic E-state index is 0.180. The molecule has 20 heavy (non-hydrogen) atoms. The number of benzene rings is 1. The van der Waals surface area contributed by atoms with Gasteiger partial charge in [0.05, 0.1) is 18.8 Å². The molecular weight excluding hydrogens is 252 g/mol. The van der Waals surface area contributed by atoms with E-state index >= 15 is 0 Å². The number of para-hydroxylation sites is 1. The number of hydrogen-bond donors (Lipinski definition) is 1. The number of β-amino-alcohol motifs (C(OH)–C–C–N with tert-alkyl or cyclic N) is 1. The van der Waals surface area contributed by atoms with Crippen LogP contribution < -0.4 is 4.90 Å². The third kappa shape index (κ3) is 4.78. The summed E-state index contributed by atoms with van der Waals surface area (Å²) >= 11 is 0. The Morgan fingerprint density at radius 3 is 2.35 bits per heavy atom. The standard InChI is InChI=1S/C16H26N2O2/c1-14(2)20-13-16(19)12-17-8-10-18(11-9-17)15-6-4-3-5-7-15/h3-7,14,16,19H,8-13H2,1-2H3/t16-/m0/s1. The van der Waals surface area contributed by atoms with Gasteiger partial charge in [0.15, 0.2) is 0 Å². The first-order chi connectivity index (χ1) is 9.65.